The second kappa shape index (κ2) is 3.85. The number of rotatable bonds is 0. The maximum Gasteiger partial charge on any atom is 0.339 e. The number of carbonyl (C=O) groups is 3. The quantitative estimate of drug-likeness (QED) is 0.634. The molecular weight excluding hydrogens is 308 g/mol. The smallest absolute Gasteiger partial charge is 0.339 e. The van der Waals surface area contributed by atoms with Crippen LogP contribution in [-0.4, -0.2) is 35.8 Å². The zero-order valence-electron chi connectivity index (χ0n) is 14.3. The summed E-state index contributed by atoms with van der Waals surface area (Å²) in [5.74, 6) is -0.492. The van der Waals surface area contributed by atoms with Crippen LogP contribution in [0, 0.1) is 28.1 Å². The molecule has 6 aliphatic rings. The Morgan fingerprint density at radius 3 is 2.71 bits per heavy atom. The predicted molar refractivity (Wildman–Crippen MR) is 82.9 cm³/mol. The molecule has 128 valence electrons. The van der Waals surface area contributed by atoms with Crippen LogP contribution in [0.15, 0.2) is 12.2 Å². The molecule has 3 saturated carbocycles. The molecule has 0 radical (unpaired) electrons. The van der Waals surface area contributed by atoms with E-state index < -0.39 is 33.9 Å². The highest BCUT2D eigenvalue weighted by Crippen LogP contribution is 2.75. The molecule has 0 amide bonds. The number of cyclic esters (lactones) is 1. The first-order chi connectivity index (χ1) is 11.2. The van der Waals surface area contributed by atoms with Gasteiger partial charge in [-0.25, -0.2) is 4.79 Å². The van der Waals surface area contributed by atoms with Crippen molar-refractivity contribution in [2.24, 2.45) is 28.1 Å². The zero-order chi connectivity index (χ0) is 17.1. The zero-order valence-corrected chi connectivity index (χ0v) is 14.3. The van der Waals surface area contributed by atoms with E-state index in [1.165, 1.54) is 0 Å². The van der Waals surface area contributed by atoms with E-state index >= 15 is 0 Å². The minimum Gasteiger partial charge on any atom is -0.462 e. The van der Waals surface area contributed by atoms with Crippen molar-refractivity contribution in [3.8, 4) is 0 Å². The fraction of sp³-hybridized carbons (Fsp3) is 0.737. The van der Waals surface area contributed by atoms with Crippen LogP contribution >= 0.6 is 0 Å². The van der Waals surface area contributed by atoms with Gasteiger partial charge in [-0.3, -0.25) is 9.59 Å². The lowest BCUT2D eigenvalue weighted by molar-refractivity contribution is -0.222. The number of allylic oxidation sites excluding steroid dienone is 1. The number of Topliss-reactive ketones (excluding diaryl/α,β-unsaturated/α-hetero) is 1. The maximum absolute atomic E-state index is 13.5. The second-order valence-corrected chi connectivity index (χ2v) is 8.95. The predicted octanol–water partition coefficient (Wildman–Crippen LogP) is 1.84. The summed E-state index contributed by atoms with van der Waals surface area (Å²) in [6.45, 7) is 5.92. The van der Waals surface area contributed by atoms with Gasteiger partial charge in [0, 0.05) is 11.3 Å². The van der Waals surface area contributed by atoms with Crippen molar-refractivity contribution < 1.29 is 23.9 Å². The van der Waals surface area contributed by atoms with E-state index in [1.807, 2.05) is 26.8 Å². The standard InChI is InChI=1S/C19H22O5/c1-10-11-4-7-18(13(10)21)17-9-23-15(22)19(18,8-11)24-14(17)16(2,3)6-5-12(17)20/h5-6,10-11,14H,4,7-9H2,1-3H3/t10-,11-,14?,17-,18-,19+/m1/s1. The molecule has 4 bridgehead atoms. The van der Waals surface area contributed by atoms with Crippen molar-refractivity contribution in [3.63, 3.8) is 0 Å². The van der Waals surface area contributed by atoms with Crippen LogP contribution in [0.2, 0.25) is 0 Å². The van der Waals surface area contributed by atoms with E-state index in [-0.39, 0.29) is 30.0 Å². The Morgan fingerprint density at radius 1 is 1.21 bits per heavy atom. The molecule has 2 aliphatic heterocycles. The van der Waals surface area contributed by atoms with Crippen LogP contribution in [0.1, 0.15) is 40.0 Å². The van der Waals surface area contributed by atoms with Crippen LogP contribution in [0.5, 0.6) is 0 Å². The molecule has 0 aromatic carbocycles. The first-order valence-corrected chi connectivity index (χ1v) is 8.86. The molecule has 5 fully saturated rings. The topological polar surface area (TPSA) is 69.7 Å². The van der Waals surface area contributed by atoms with Crippen LogP contribution in [-0.2, 0) is 23.9 Å². The van der Waals surface area contributed by atoms with E-state index in [0.717, 1.165) is 6.42 Å². The molecule has 1 unspecified atom stereocenters. The Kier molecular flexibility index (Phi) is 2.37. The molecule has 5 nitrogen and oxygen atoms in total. The van der Waals surface area contributed by atoms with Gasteiger partial charge < -0.3 is 9.47 Å². The molecule has 0 N–H and O–H groups in total. The van der Waals surface area contributed by atoms with E-state index in [1.54, 1.807) is 6.08 Å². The van der Waals surface area contributed by atoms with Gasteiger partial charge in [0.15, 0.2) is 11.4 Å². The normalized spacial score (nSPS) is 53.6. The molecule has 2 spiro atoms. The first kappa shape index (κ1) is 14.8. The minimum absolute atomic E-state index is 0.0338. The number of esters is 1. The Labute approximate surface area is 140 Å². The highest BCUT2D eigenvalue weighted by molar-refractivity contribution is 6.09. The van der Waals surface area contributed by atoms with Gasteiger partial charge in [-0.2, -0.15) is 0 Å². The van der Waals surface area contributed by atoms with Crippen molar-refractivity contribution in [2.75, 3.05) is 6.61 Å². The van der Waals surface area contributed by atoms with Crippen LogP contribution < -0.4 is 0 Å². The maximum atomic E-state index is 13.5. The fourth-order valence-electron chi connectivity index (χ4n) is 6.60. The van der Waals surface area contributed by atoms with Crippen molar-refractivity contribution >= 4 is 17.5 Å². The van der Waals surface area contributed by atoms with Gasteiger partial charge in [0.1, 0.15) is 17.8 Å². The summed E-state index contributed by atoms with van der Waals surface area (Å²) in [5.41, 5.74) is -3.80. The van der Waals surface area contributed by atoms with E-state index in [0.29, 0.717) is 12.8 Å². The van der Waals surface area contributed by atoms with Gasteiger partial charge in [0.25, 0.3) is 0 Å². The molecule has 24 heavy (non-hydrogen) atoms. The monoisotopic (exact) mass is 330 g/mol. The summed E-state index contributed by atoms with van der Waals surface area (Å²) in [4.78, 5) is 39.5. The molecule has 2 heterocycles. The largest absolute Gasteiger partial charge is 0.462 e. The fourth-order valence-corrected chi connectivity index (χ4v) is 6.60. The molecule has 0 aromatic rings. The lowest BCUT2D eigenvalue weighted by Crippen LogP contribution is -2.75. The summed E-state index contributed by atoms with van der Waals surface area (Å²) >= 11 is 0. The molecule has 6 rings (SSSR count). The molecule has 0 aromatic heterocycles. The molecule has 5 heteroatoms. The summed E-state index contributed by atoms with van der Waals surface area (Å²) in [5, 5.41) is 0. The number of hydrogen-bond donors (Lipinski definition) is 0. The van der Waals surface area contributed by atoms with Gasteiger partial charge in [-0.15, -0.1) is 0 Å². The average Bonchev–Trinajstić information content (AvgIpc) is 2.76. The number of ketones is 2. The average molecular weight is 330 g/mol. The van der Waals surface area contributed by atoms with Crippen LogP contribution in [0.3, 0.4) is 0 Å². The van der Waals surface area contributed by atoms with Crippen LogP contribution in [0.25, 0.3) is 0 Å². The summed E-state index contributed by atoms with van der Waals surface area (Å²) < 4.78 is 12.0. The highest BCUT2D eigenvalue weighted by Gasteiger charge is 2.88. The van der Waals surface area contributed by atoms with Gasteiger partial charge in [0.05, 0.1) is 11.5 Å². The highest BCUT2D eigenvalue weighted by atomic mass is 16.6. The first-order valence-electron chi connectivity index (χ1n) is 8.86. The third-order valence-corrected chi connectivity index (χ3v) is 7.74. The number of ether oxygens (including phenoxy) is 2. The van der Waals surface area contributed by atoms with Gasteiger partial charge in [0.2, 0.25) is 0 Å². The number of carbonyl (C=O) groups excluding carboxylic acids is 3. The van der Waals surface area contributed by atoms with E-state index in [9.17, 15) is 14.4 Å². The number of fused-ring (bicyclic) bond motifs is 2. The van der Waals surface area contributed by atoms with Crippen molar-refractivity contribution in [2.45, 2.75) is 51.7 Å². The summed E-state index contributed by atoms with van der Waals surface area (Å²) in [7, 11) is 0. The molecule has 4 aliphatic carbocycles. The number of hydrogen-bond acceptors (Lipinski definition) is 5. The Bertz CT molecular complexity index is 736. The van der Waals surface area contributed by atoms with Gasteiger partial charge in [-0.1, -0.05) is 26.8 Å². The van der Waals surface area contributed by atoms with E-state index in [2.05, 4.69) is 0 Å². The lowest BCUT2D eigenvalue weighted by Gasteiger charge is -2.61. The minimum atomic E-state index is -1.26. The Morgan fingerprint density at radius 2 is 1.96 bits per heavy atom. The lowest BCUT2D eigenvalue weighted by atomic mass is 9.38. The van der Waals surface area contributed by atoms with Crippen molar-refractivity contribution in [1.82, 2.24) is 0 Å². The van der Waals surface area contributed by atoms with Gasteiger partial charge >= 0.3 is 5.97 Å². The summed E-state index contributed by atoms with van der Waals surface area (Å²) in [6.07, 6.45) is 4.88. The molecule has 2 saturated heterocycles. The van der Waals surface area contributed by atoms with Gasteiger partial charge in [-0.05, 0) is 31.3 Å². The van der Waals surface area contributed by atoms with Crippen molar-refractivity contribution in [3.05, 3.63) is 12.2 Å². The second-order valence-electron chi connectivity index (χ2n) is 8.95. The van der Waals surface area contributed by atoms with Crippen LogP contribution in [0.4, 0.5) is 0 Å². The molecule has 6 atom stereocenters. The summed E-state index contributed by atoms with van der Waals surface area (Å²) in [6, 6.07) is 0. The molecular formula is C19H22O5. The van der Waals surface area contributed by atoms with Crippen molar-refractivity contribution in [1.29, 1.82) is 0 Å². The Balaban J connectivity index is 1.87. The SMILES string of the molecule is C[C@H]1C(=O)[C@@]23CC[C@@H]1C[C@@]21OC2C(C)(C)C=CC(=O)[C@]23COC1=O. The van der Waals surface area contributed by atoms with E-state index in [4.69, 9.17) is 9.47 Å². The third kappa shape index (κ3) is 1.15. The Hall–Kier alpha value is -1.49. The third-order valence-electron chi connectivity index (χ3n) is 7.74.